The number of rotatable bonds is 8. The van der Waals surface area contributed by atoms with E-state index >= 15 is 0 Å². The number of hydrogen-bond acceptors (Lipinski definition) is 3. The van der Waals surface area contributed by atoms with E-state index in [0.717, 1.165) is 5.56 Å². The highest BCUT2D eigenvalue weighted by molar-refractivity contribution is 6.30. The van der Waals surface area contributed by atoms with E-state index in [1.165, 1.54) is 7.11 Å². The summed E-state index contributed by atoms with van der Waals surface area (Å²) in [6, 6.07) is 7.49. The van der Waals surface area contributed by atoms with Gasteiger partial charge >= 0.3 is 0 Å². The quantitative estimate of drug-likeness (QED) is 0.772. The van der Waals surface area contributed by atoms with Gasteiger partial charge in [0.25, 0.3) is 0 Å². The van der Waals surface area contributed by atoms with Crippen LogP contribution in [0.1, 0.15) is 18.9 Å². The third-order valence-electron chi connectivity index (χ3n) is 3.04. The number of carbonyl (C=O) groups excluding carboxylic acids is 1. The molecular weight excluding hydrogens is 278 g/mol. The predicted molar refractivity (Wildman–Crippen MR) is 79.8 cm³/mol. The molecule has 1 rings (SSSR count). The van der Waals surface area contributed by atoms with Crippen molar-refractivity contribution in [3.63, 3.8) is 0 Å². The normalized spacial score (nSPS) is 13.8. The van der Waals surface area contributed by atoms with Crippen LogP contribution in [0.3, 0.4) is 0 Å². The molecule has 5 heteroatoms. The van der Waals surface area contributed by atoms with E-state index in [4.69, 9.17) is 16.3 Å². The molecule has 0 saturated heterocycles. The molecule has 1 aromatic carbocycles. The van der Waals surface area contributed by atoms with Gasteiger partial charge in [-0.3, -0.25) is 4.79 Å². The van der Waals surface area contributed by atoms with Crippen LogP contribution >= 0.6 is 11.6 Å². The lowest BCUT2D eigenvalue weighted by Gasteiger charge is -2.14. The van der Waals surface area contributed by atoms with E-state index in [1.807, 2.05) is 31.2 Å². The number of aliphatic hydroxyl groups excluding tert-OH is 1. The Bertz CT molecular complexity index is 408. The van der Waals surface area contributed by atoms with Gasteiger partial charge < -0.3 is 15.2 Å². The zero-order valence-electron chi connectivity index (χ0n) is 11.9. The Morgan fingerprint density at radius 1 is 1.40 bits per heavy atom. The fraction of sp³-hybridized carbons (Fsp3) is 0.533. The first kappa shape index (κ1) is 17.0. The zero-order chi connectivity index (χ0) is 15.0. The summed E-state index contributed by atoms with van der Waals surface area (Å²) < 4.78 is 4.82. The fourth-order valence-electron chi connectivity index (χ4n) is 1.88. The Kier molecular flexibility index (Phi) is 7.59. The lowest BCUT2D eigenvalue weighted by Crippen LogP contribution is -2.33. The minimum Gasteiger partial charge on any atom is -0.391 e. The molecular formula is C15H22ClNO3. The van der Waals surface area contributed by atoms with Crippen LogP contribution in [0, 0.1) is 5.92 Å². The number of ether oxygens (including phenoxy) is 1. The molecule has 1 amide bonds. The van der Waals surface area contributed by atoms with Gasteiger partial charge in [0.2, 0.25) is 5.91 Å². The summed E-state index contributed by atoms with van der Waals surface area (Å²) in [5.74, 6) is -0.125. The molecule has 0 radical (unpaired) electrons. The summed E-state index contributed by atoms with van der Waals surface area (Å²) in [4.78, 5) is 11.9. The average molecular weight is 300 g/mol. The number of nitrogens with one attached hydrogen (secondary N) is 1. The summed E-state index contributed by atoms with van der Waals surface area (Å²) in [6.45, 7) is 2.63. The number of benzene rings is 1. The summed E-state index contributed by atoms with van der Waals surface area (Å²) in [7, 11) is 1.54. The van der Waals surface area contributed by atoms with E-state index in [2.05, 4.69) is 5.32 Å². The molecule has 0 bridgehead atoms. The Labute approximate surface area is 125 Å². The van der Waals surface area contributed by atoms with Crippen LogP contribution in [0.4, 0.5) is 0 Å². The van der Waals surface area contributed by atoms with Gasteiger partial charge in [-0.15, -0.1) is 0 Å². The predicted octanol–water partition coefficient (Wildman–Crippen LogP) is 2.03. The second kappa shape index (κ2) is 8.95. The van der Waals surface area contributed by atoms with E-state index in [9.17, 15) is 9.90 Å². The molecule has 0 fully saturated rings. The molecule has 0 heterocycles. The molecule has 112 valence electrons. The Hall–Kier alpha value is -1.10. The first-order chi connectivity index (χ1) is 9.52. The molecule has 0 aliphatic carbocycles. The van der Waals surface area contributed by atoms with Crippen molar-refractivity contribution >= 4 is 17.5 Å². The molecule has 20 heavy (non-hydrogen) atoms. The zero-order valence-corrected chi connectivity index (χ0v) is 12.7. The summed E-state index contributed by atoms with van der Waals surface area (Å²) in [6.07, 6.45) is 0.628. The van der Waals surface area contributed by atoms with E-state index in [-0.39, 0.29) is 18.4 Å². The summed E-state index contributed by atoms with van der Waals surface area (Å²) in [5.41, 5.74) is 1.08. The maximum absolute atomic E-state index is 11.9. The fourth-order valence-corrected chi connectivity index (χ4v) is 2.00. The van der Waals surface area contributed by atoms with Crippen molar-refractivity contribution in [2.24, 2.45) is 5.92 Å². The first-order valence-electron chi connectivity index (χ1n) is 6.72. The molecule has 0 aliphatic heterocycles. The van der Waals surface area contributed by atoms with Crippen molar-refractivity contribution in [3.8, 4) is 0 Å². The van der Waals surface area contributed by atoms with Gasteiger partial charge in [-0.1, -0.05) is 30.7 Å². The molecule has 0 aromatic heterocycles. The Balaban J connectivity index is 2.30. The van der Waals surface area contributed by atoms with Crippen molar-refractivity contribution in [2.45, 2.75) is 25.9 Å². The second-order valence-electron chi connectivity index (χ2n) is 4.92. The van der Waals surface area contributed by atoms with Crippen LogP contribution in [-0.4, -0.2) is 37.4 Å². The molecule has 2 N–H and O–H groups in total. The molecule has 0 spiro atoms. The van der Waals surface area contributed by atoms with Crippen LogP contribution < -0.4 is 5.32 Å². The molecule has 2 atom stereocenters. The van der Waals surface area contributed by atoms with Crippen molar-refractivity contribution in [1.82, 2.24) is 5.32 Å². The Morgan fingerprint density at radius 2 is 2.05 bits per heavy atom. The van der Waals surface area contributed by atoms with Gasteiger partial charge in [0.05, 0.1) is 12.7 Å². The average Bonchev–Trinajstić information content (AvgIpc) is 2.41. The third-order valence-corrected chi connectivity index (χ3v) is 3.29. The molecule has 0 saturated carbocycles. The van der Waals surface area contributed by atoms with E-state index in [0.29, 0.717) is 24.4 Å². The van der Waals surface area contributed by atoms with Crippen LogP contribution in [0.2, 0.25) is 5.02 Å². The smallest absolute Gasteiger partial charge is 0.223 e. The van der Waals surface area contributed by atoms with Crippen LogP contribution in [0.15, 0.2) is 24.3 Å². The van der Waals surface area contributed by atoms with Crippen molar-refractivity contribution < 1.29 is 14.6 Å². The van der Waals surface area contributed by atoms with Crippen molar-refractivity contribution in [2.75, 3.05) is 20.3 Å². The first-order valence-corrected chi connectivity index (χ1v) is 7.10. The van der Waals surface area contributed by atoms with Crippen molar-refractivity contribution in [3.05, 3.63) is 34.9 Å². The van der Waals surface area contributed by atoms with E-state index < -0.39 is 6.10 Å². The number of carbonyl (C=O) groups is 1. The summed E-state index contributed by atoms with van der Waals surface area (Å²) in [5, 5.41) is 13.0. The molecule has 4 nitrogen and oxygen atoms in total. The van der Waals surface area contributed by atoms with Gasteiger partial charge in [-0.05, 0) is 30.5 Å². The standard InChI is InChI=1S/C15H22ClNO3/c1-11(9-12-3-5-13(16)6-4-12)15(19)17-8-7-14(18)10-20-2/h3-6,11,14,18H,7-10H2,1-2H3,(H,17,19). The van der Waals surface area contributed by atoms with Gasteiger partial charge in [-0.25, -0.2) is 0 Å². The molecule has 2 unspecified atom stereocenters. The monoisotopic (exact) mass is 299 g/mol. The van der Waals surface area contributed by atoms with Gasteiger partial charge in [0.1, 0.15) is 0 Å². The largest absolute Gasteiger partial charge is 0.391 e. The number of aliphatic hydroxyl groups is 1. The molecule has 1 aromatic rings. The van der Waals surface area contributed by atoms with Crippen LogP contribution in [0.5, 0.6) is 0 Å². The number of methoxy groups -OCH3 is 1. The van der Waals surface area contributed by atoms with Gasteiger partial charge in [0, 0.05) is 24.6 Å². The van der Waals surface area contributed by atoms with Gasteiger partial charge in [-0.2, -0.15) is 0 Å². The number of amides is 1. The maximum atomic E-state index is 11.9. The highest BCUT2D eigenvalue weighted by Crippen LogP contribution is 2.13. The van der Waals surface area contributed by atoms with Crippen LogP contribution in [-0.2, 0) is 16.0 Å². The van der Waals surface area contributed by atoms with E-state index in [1.54, 1.807) is 0 Å². The summed E-state index contributed by atoms with van der Waals surface area (Å²) >= 11 is 5.82. The minimum atomic E-state index is -0.535. The highest BCUT2D eigenvalue weighted by atomic mass is 35.5. The third kappa shape index (κ3) is 6.37. The Morgan fingerprint density at radius 3 is 2.65 bits per heavy atom. The number of hydrogen-bond donors (Lipinski definition) is 2. The lowest BCUT2D eigenvalue weighted by molar-refractivity contribution is -0.124. The SMILES string of the molecule is COCC(O)CCNC(=O)C(C)Cc1ccc(Cl)cc1. The topological polar surface area (TPSA) is 58.6 Å². The highest BCUT2D eigenvalue weighted by Gasteiger charge is 2.13. The second-order valence-corrected chi connectivity index (χ2v) is 5.36. The lowest BCUT2D eigenvalue weighted by atomic mass is 10.0. The van der Waals surface area contributed by atoms with Crippen molar-refractivity contribution in [1.29, 1.82) is 0 Å². The van der Waals surface area contributed by atoms with Crippen LogP contribution in [0.25, 0.3) is 0 Å². The van der Waals surface area contributed by atoms with Gasteiger partial charge in [0.15, 0.2) is 0 Å². The minimum absolute atomic E-state index is 0.00966. The number of halogens is 1. The molecule has 0 aliphatic rings. The maximum Gasteiger partial charge on any atom is 0.223 e.